The van der Waals surface area contributed by atoms with Crippen LogP contribution in [0, 0.1) is 5.41 Å². The van der Waals surface area contributed by atoms with E-state index in [1.807, 2.05) is 53.4 Å². The van der Waals surface area contributed by atoms with Crippen LogP contribution in [0.2, 0.25) is 0 Å². The third-order valence-electron chi connectivity index (χ3n) is 6.15. The molecule has 1 aliphatic heterocycles. The molecule has 2 N–H and O–H groups in total. The van der Waals surface area contributed by atoms with Gasteiger partial charge in [-0.3, -0.25) is 9.59 Å². The van der Waals surface area contributed by atoms with Crippen molar-refractivity contribution >= 4 is 11.8 Å². The van der Waals surface area contributed by atoms with Gasteiger partial charge in [0.15, 0.2) is 0 Å². The quantitative estimate of drug-likeness (QED) is 0.696. The molecule has 1 aliphatic rings. The Morgan fingerprint density at radius 2 is 1.30 bits per heavy atom. The van der Waals surface area contributed by atoms with Crippen molar-refractivity contribution in [2.75, 3.05) is 13.1 Å². The molecule has 1 heterocycles. The minimum atomic E-state index is -0.609. The fourth-order valence-corrected chi connectivity index (χ4v) is 4.25. The summed E-state index contributed by atoms with van der Waals surface area (Å²) in [4.78, 5) is 27.0. The highest BCUT2D eigenvalue weighted by atomic mass is 16.2. The highest BCUT2D eigenvalue weighted by Crippen LogP contribution is 2.36. The monoisotopic (exact) mass is 398 g/mol. The van der Waals surface area contributed by atoms with Crippen molar-refractivity contribution < 1.29 is 9.59 Å². The third kappa shape index (κ3) is 4.13. The van der Waals surface area contributed by atoms with Gasteiger partial charge in [-0.05, 0) is 48.1 Å². The molecule has 0 aliphatic carbocycles. The molecule has 3 aromatic rings. The standard InChI is InChI=1S/C26H26N2O2/c27-25(30)26(15-17-28(18-16-26)24(29)23-9-5-2-6-10-23)19-20-11-13-22(14-12-20)21-7-3-1-4-8-21/h1-14H,15-19H2,(H2,27,30). The van der Waals surface area contributed by atoms with Crippen LogP contribution in [0.5, 0.6) is 0 Å². The maximum Gasteiger partial charge on any atom is 0.253 e. The van der Waals surface area contributed by atoms with Gasteiger partial charge < -0.3 is 10.6 Å². The molecule has 0 aromatic heterocycles. The van der Waals surface area contributed by atoms with Gasteiger partial charge in [0, 0.05) is 18.7 Å². The van der Waals surface area contributed by atoms with Crippen molar-refractivity contribution in [1.82, 2.24) is 4.90 Å². The van der Waals surface area contributed by atoms with E-state index in [4.69, 9.17) is 5.73 Å². The van der Waals surface area contributed by atoms with Crippen LogP contribution in [-0.2, 0) is 11.2 Å². The second kappa shape index (κ2) is 8.54. The van der Waals surface area contributed by atoms with E-state index in [1.54, 1.807) is 0 Å². The number of hydrogen-bond donors (Lipinski definition) is 1. The molecule has 4 heteroatoms. The van der Waals surface area contributed by atoms with Crippen molar-refractivity contribution in [3.63, 3.8) is 0 Å². The molecule has 1 fully saturated rings. The second-order valence-corrected chi connectivity index (χ2v) is 8.04. The fraction of sp³-hybridized carbons (Fsp3) is 0.231. The maximum atomic E-state index is 12.7. The molecule has 1 saturated heterocycles. The molecular formula is C26H26N2O2. The topological polar surface area (TPSA) is 63.4 Å². The van der Waals surface area contributed by atoms with Gasteiger partial charge in [0.1, 0.15) is 0 Å². The zero-order valence-corrected chi connectivity index (χ0v) is 17.0. The summed E-state index contributed by atoms with van der Waals surface area (Å²) in [5.74, 6) is -0.262. The minimum Gasteiger partial charge on any atom is -0.369 e. The lowest BCUT2D eigenvalue weighted by Gasteiger charge is -2.40. The molecule has 0 unspecified atom stereocenters. The Labute approximate surface area is 177 Å². The number of carbonyl (C=O) groups excluding carboxylic acids is 2. The second-order valence-electron chi connectivity index (χ2n) is 8.04. The van der Waals surface area contributed by atoms with Crippen LogP contribution in [0.15, 0.2) is 84.9 Å². The summed E-state index contributed by atoms with van der Waals surface area (Å²) >= 11 is 0. The van der Waals surface area contributed by atoms with Crippen molar-refractivity contribution in [3.8, 4) is 11.1 Å². The van der Waals surface area contributed by atoms with Crippen LogP contribution in [0.25, 0.3) is 11.1 Å². The number of amides is 2. The van der Waals surface area contributed by atoms with E-state index in [1.165, 1.54) is 5.56 Å². The molecule has 2 amide bonds. The molecule has 0 spiro atoms. The molecule has 0 radical (unpaired) electrons. The van der Waals surface area contributed by atoms with E-state index in [0.29, 0.717) is 37.9 Å². The lowest BCUT2D eigenvalue weighted by atomic mass is 9.73. The van der Waals surface area contributed by atoms with E-state index < -0.39 is 5.41 Å². The first-order valence-electron chi connectivity index (χ1n) is 10.4. The SMILES string of the molecule is NC(=O)C1(Cc2ccc(-c3ccccc3)cc2)CCN(C(=O)c2ccccc2)CC1. The van der Waals surface area contributed by atoms with E-state index in [0.717, 1.165) is 11.1 Å². The van der Waals surface area contributed by atoms with Gasteiger partial charge in [-0.15, -0.1) is 0 Å². The number of hydrogen-bond acceptors (Lipinski definition) is 2. The Morgan fingerprint density at radius 1 is 0.767 bits per heavy atom. The number of nitrogens with two attached hydrogens (primary N) is 1. The largest absolute Gasteiger partial charge is 0.369 e. The summed E-state index contributed by atoms with van der Waals surface area (Å²) in [7, 11) is 0. The average molecular weight is 399 g/mol. The Morgan fingerprint density at radius 3 is 1.87 bits per heavy atom. The smallest absolute Gasteiger partial charge is 0.253 e. The van der Waals surface area contributed by atoms with E-state index in [-0.39, 0.29) is 11.8 Å². The first kappa shape index (κ1) is 19.9. The van der Waals surface area contributed by atoms with E-state index in [2.05, 4.69) is 36.4 Å². The number of likely N-dealkylation sites (tertiary alicyclic amines) is 1. The normalized spacial score (nSPS) is 15.5. The summed E-state index contributed by atoms with van der Waals surface area (Å²) < 4.78 is 0. The molecule has 4 nitrogen and oxygen atoms in total. The van der Waals surface area contributed by atoms with Gasteiger partial charge in [-0.25, -0.2) is 0 Å². The molecule has 0 bridgehead atoms. The van der Waals surface area contributed by atoms with Gasteiger partial charge in [0.05, 0.1) is 5.41 Å². The number of benzene rings is 3. The molecular weight excluding hydrogens is 372 g/mol. The van der Waals surface area contributed by atoms with Crippen molar-refractivity contribution in [3.05, 3.63) is 96.1 Å². The number of nitrogens with zero attached hydrogens (tertiary/aromatic N) is 1. The number of piperidine rings is 1. The summed E-state index contributed by atoms with van der Waals surface area (Å²) in [5, 5.41) is 0. The lowest BCUT2D eigenvalue weighted by molar-refractivity contribution is -0.130. The molecule has 3 aromatic carbocycles. The van der Waals surface area contributed by atoms with Gasteiger partial charge in [-0.2, -0.15) is 0 Å². The summed E-state index contributed by atoms with van der Waals surface area (Å²) in [6.07, 6.45) is 1.77. The summed E-state index contributed by atoms with van der Waals surface area (Å²) in [6.45, 7) is 1.08. The van der Waals surface area contributed by atoms with E-state index >= 15 is 0 Å². The van der Waals surface area contributed by atoms with Crippen molar-refractivity contribution in [1.29, 1.82) is 0 Å². The number of rotatable bonds is 5. The van der Waals surface area contributed by atoms with Crippen LogP contribution in [-0.4, -0.2) is 29.8 Å². The van der Waals surface area contributed by atoms with Gasteiger partial charge >= 0.3 is 0 Å². The van der Waals surface area contributed by atoms with Gasteiger partial charge in [-0.1, -0.05) is 72.8 Å². The highest BCUT2D eigenvalue weighted by molar-refractivity contribution is 5.94. The predicted octanol–water partition coefficient (Wildman–Crippen LogP) is 4.30. The van der Waals surface area contributed by atoms with Crippen LogP contribution in [0.1, 0.15) is 28.8 Å². The minimum absolute atomic E-state index is 0.0147. The first-order chi connectivity index (χ1) is 14.6. The van der Waals surface area contributed by atoms with Crippen molar-refractivity contribution in [2.24, 2.45) is 11.1 Å². The van der Waals surface area contributed by atoms with Crippen LogP contribution >= 0.6 is 0 Å². The molecule has 0 saturated carbocycles. The zero-order chi connectivity index (χ0) is 21.0. The molecule has 0 atom stereocenters. The molecule has 30 heavy (non-hydrogen) atoms. The first-order valence-corrected chi connectivity index (χ1v) is 10.4. The van der Waals surface area contributed by atoms with Crippen molar-refractivity contribution in [2.45, 2.75) is 19.3 Å². The van der Waals surface area contributed by atoms with Crippen LogP contribution < -0.4 is 5.73 Å². The average Bonchev–Trinajstić information content (AvgIpc) is 2.81. The van der Waals surface area contributed by atoms with Crippen LogP contribution in [0.4, 0.5) is 0 Å². The van der Waals surface area contributed by atoms with E-state index in [9.17, 15) is 9.59 Å². The Bertz CT molecular complexity index is 1010. The maximum absolute atomic E-state index is 12.7. The summed E-state index contributed by atoms with van der Waals surface area (Å²) in [5.41, 5.74) is 9.34. The Balaban J connectivity index is 1.46. The van der Waals surface area contributed by atoms with Gasteiger partial charge in [0.2, 0.25) is 5.91 Å². The third-order valence-corrected chi connectivity index (χ3v) is 6.15. The Hall–Kier alpha value is -3.40. The molecule has 152 valence electrons. The van der Waals surface area contributed by atoms with Gasteiger partial charge in [0.25, 0.3) is 5.91 Å². The number of carbonyl (C=O) groups is 2. The predicted molar refractivity (Wildman–Crippen MR) is 119 cm³/mol. The number of primary amides is 1. The Kier molecular flexibility index (Phi) is 5.66. The summed E-state index contributed by atoms with van der Waals surface area (Å²) in [6, 6.07) is 27.8. The highest BCUT2D eigenvalue weighted by Gasteiger charge is 2.41. The van der Waals surface area contributed by atoms with Crippen LogP contribution in [0.3, 0.4) is 0 Å². The lowest BCUT2D eigenvalue weighted by Crippen LogP contribution is -2.49. The molecule has 4 rings (SSSR count). The fourth-order valence-electron chi connectivity index (χ4n) is 4.25. The zero-order valence-electron chi connectivity index (χ0n) is 17.0.